The zero-order valence-corrected chi connectivity index (χ0v) is 15.0. The molecule has 0 bridgehead atoms. The van der Waals surface area contributed by atoms with Crippen LogP contribution in [0.4, 0.5) is 10.5 Å². The number of nitrogens with zero attached hydrogens (tertiary/aromatic N) is 3. The third kappa shape index (κ3) is 3.48. The highest BCUT2D eigenvalue weighted by atomic mass is 16.5. The second kappa shape index (κ2) is 7.49. The summed E-state index contributed by atoms with van der Waals surface area (Å²) in [6.07, 6.45) is 1.67. The monoisotopic (exact) mass is 364 g/mol. The number of carbonyl (C=O) groups is 1. The molecule has 1 aromatic heterocycles. The molecule has 0 radical (unpaired) electrons. The second-order valence-electron chi connectivity index (χ2n) is 6.30. The Hall–Kier alpha value is -3.35. The van der Waals surface area contributed by atoms with E-state index in [1.807, 2.05) is 48.5 Å². The lowest BCUT2D eigenvalue weighted by Crippen LogP contribution is -2.34. The van der Waals surface area contributed by atoms with E-state index in [-0.39, 0.29) is 12.1 Å². The molecule has 2 amide bonds. The number of likely N-dealkylation sites (tertiary alicyclic amines) is 1. The van der Waals surface area contributed by atoms with Crippen LogP contribution in [0, 0.1) is 0 Å². The predicted octanol–water partition coefficient (Wildman–Crippen LogP) is 4.11. The lowest BCUT2D eigenvalue weighted by atomic mass is 10.2. The summed E-state index contributed by atoms with van der Waals surface area (Å²) in [7, 11) is 1.58. The van der Waals surface area contributed by atoms with Crippen molar-refractivity contribution in [3.05, 3.63) is 60.5 Å². The largest absolute Gasteiger partial charge is 0.495 e. The molecule has 2 aromatic carbocycles. The molecule has 1 atom stereocenters. The van der Waals surface area contributed by atoms with Crippen LogP contribution in [-0.2, 0) is 0 Å². The maximum atomic E-state index is 12.8. The van der Waals surface area contributed by atoms with E-state index in [0.29, 0.717) is 29.7 Å². The van der Waals surface area contributed by atoms with Crippen molar-refractivity contribution in [1.29, 1.82) is 0 Å². The van der Waals surface area contributed by atoms with E-state index >= 15 is 0 Å². The van der Waals surface area contributed by atoms with Gasteiger partial charge in [-0.15, -0.1) is 0 Å². The van der Waals surface area contributed by atoms with Crippen LogP contribution in [0.5, 0.6) is 5.75 Å². The molecule has 4 rings (SSSR count). The number of carbonyl (C=O) groups excluding carboxylic acids is 1. The van der Waals surface area contributed by atoms with Gasteiger partial charge in [-0.05, 0) is 25.0 Å². The molecule has 7 nitrogen and oxygen atoms in total. The van der Waals surface area contributed by atoms with Crippen LogP contribution in [0.25, 0.3) is 11.4 Å². The topological polar surface area (TPSA) is 80.5 Å². The van der Waals surface area contributed by atoms with Gasteiger partial charge in [0.2, 0.25) is 11.7 Å². The van der Waals surface area contributed by atoms with Gasteiger partial charge in [-0.25, -0.2) is 4.79 Å². The molecule has 3 aromatic rings. The normalized spacial score (nSPS) is 16.3. The fraction of sp³-hybridized carbons (Fsp3) is 0.250. The maximum Gasteiger partial charge on any atom is 0.322 e. The summed E-state index contributed by atoms with van der Waals surface area (Å²) >= 11 is 0. The average Bonchev–Trinajstić information content (AvgIpc) is 3.38. The molecular weight excluding hydrogens is 344 g/mol. The summed E-state index contributed by atoms with van der Waals surface area (Å²) < 4.78 is 10.8. The third-order valence-electron chi connectivity index (χ3n) is 4.62. The number of hydrogen-bond acceptors (Lipinski definition) is 5. The van der Waals surface area contributed by atoms with Crippen LogP contribution >= 0.6 is 0 Å². The molecule has 27 heavy (non-hydrogen) atoms. The highest BCUT2D eigenvalue weighted by molar-refractivity contribution is 5.91. The summed E-state index contributed by atoms with van der Waals surface area (Å²) in [6, 6.07) is 16.5. The van der Waals surface area contributed by atoms with Crippen LogP contribution in [0.2, 0.25) is 0 Å². The standard InChI is InChI=1S/C20H20N4O3/c1-26-17-12-6-5-10-15(17)21-20(25)24-13-7-11-16(24)19-22-18(23-27-19)14-8-3-2-4-9-14/h2-6,8-10,12,16H,7,11,13H2,1H3,(H,21,25)/t16-/m0/s1. The molecule has 1 N–H and O–H groups in total. The van der Waals surface area contributed by atoms with Crippen molar-refractivity contribution in [2.24, 2.45) is 0 Å². The van der Waals surface area contributed by atoms with Gasteiger partial charge >= 0.3 is 6.03 Å². The van der Waals surface area contributed by atoms with Gasteiger partial charge in [-0.1, -0.05) is 47.6 Å². The van der Waals surface area contributed by atoms with E-state index < -0.39 is 0 Å². The van der Waals surface area contributed by atoms with Gasteiger partial charge in [0.25, 0.3) is 0 Å². The zero-order chi connectivity index (χ0) is 18.6. The first kappa shape index (κ1) is 17.1. The highest BCUT2D eigenvalue weighted by Crippen LogP contribution is 2.33. The first-order valence-corrected chi connectivity index (χ1v) is 8.86. The number of benzene rings is 2. The van der Waals surface area contributed by atoms with Crippen LogP contribution in [0.3, 0.4) is 0 Å². The molecule has 0 spiro atoms. The van der Waals surface area contributed by atoms with Crippen molar-refractivity contribution >= 4 is 11.7 Å². The van der Waals surface area contributed by atoms with E-state index in [2.05, 4.69) is 15.5 Å². The van der Waals surface area contributed by atoms with Crippen molar-refractivity contribution in [2.75, 3.05) is 19.0 Å². The minimum absolute atomic E-state index is 0.207. The van der Waals surface area contributed by atoms with Crippen LogP contribution in [-0.4, -0.2) is 34.7 Å². The van der Waals surface area contributed by atoms with Crippen molar-refractivity contribution in [1.82, 2.24) is 15.0 Å². The van der Waals surface area contributed by atoms with E-state index in [1.165, 1.54) is 0 Å². The second-order valence-corrected chi connectivity index (χ2v) is 6.30. The molecular formula is C20H20N4O3. The van der Waals surface area contributed by atoms with Crippen LogP contribution < -0.4 is 10.1 Å². The van der Waals surface area contributed by atoms with Gasteiger partial charge in [0, 0.05) is 12.1 Å². The van der Waals surface area contributed by atoms with E-state index in [1.54, 1.807) is 18.1 Å². The van der Waals surface area contributed by atoms with E-state index in [0.717, 1.165) is 18.4 Å². The molecule has 1 aliphatic heterocycles. The van der Waals surface area contributed by atoms with Gasteiger partial charge in [-0.3, -0.25) is 0 Å². The molecule has 1 aliphatic rings. The first-order valence-electron chi connectivity index (χ1n) is 8.86. The number of urea groups is 1. The van der Waals surface area contributed by atoms with Crippen molar-refractivity contribution in [3.8, 4) is 17.1 Å². The number of aromatic nitrogens is 2. The molecule has 7 heteroatoms. The maximum absolute atomic E-state index is 12.8. The molecule has 0 aliphatic carbocycles. The number of para-hydroxylation sites is 2. The van der Waals surface area contributed by atoms with Crippen LogP contribution in [0.15, 0.2) is 59.1 Å². The SMILES string of the molecule is COc1ccccc1NC(=O)N1CCC[C@H]1c1nc(-c2ccccc2)no1. The molecule has 0 saturated carbocycles. The zero-order valence-electron chi connectivity index (χ0n) is 15.0. The number of nitrogens with one attached hydrogen (secondary N) is 1. The third-order valence-corrected chi connectivity index (χ3v) is 4.62. The summed E-state index contributed by atoms with van der Waals surface area (Å²) in [5, 5.41) is 6.99. The number of hydrogen-bond donors (Lipinski definition) is 1. The predicted molar refractivity (Wildman–Crippen MR) is 100 cm³/mol. The smallest absolute Gasteiger partial charge is 0.322 e. The molecule has 1 fully saturated rings. The fourth-order valence-corrected chi connectivity index (χ4v) is 3.28. The van der Waals surface area contributed by atoms with E-state index in [4.69, 9.17) is 9.26 Å². The lowest BCUT2D eigenvalue weighted by Gasteiger charge is -2.22. The van der Waals surface area contributed by atoms with Gasteiger partial charge in [-0.2, -0.15) is 4.98 Å². The summed E-state index contributed by atoms with van der Waals surface area (Å²) in [6.45, 7) is 0.634. The van der Waals surface area contributed by atoms with Crippen molar-refractivity contribution in [3.63, 3.8) is 0 Å². The van der Waals surface area contributed by atoms with Crippen molar-refractivity contribution < 1.29 is 14.1 Å². The quantitative estimate of drug-likeness (QED) is 0.753. The summed E-state index contributed by atoms with van der Waals surface area (Å²) in [5.74, 6) is 1.61. The molecule has 1 saturated heterocycles. The van der Waals surface area contributed by atoms with Gasteiger partial charge < -0.3 is 19.5 Å². The Morgan fingerprint density at radius 3 is 2.78 bits per heavy atom. The van der Waals surface area contributed by atoms with Gasteiger partial charge in [0.05, 0.1) is 12.8 Å². The Kier molecular flexibility index (Phi) is 4.74. The lowest BCUT2D eigenvalue weighted by molar-refractivity contribution is 0.193. The minimum atomic E-state index is -0.232. The minimum Gasteiger partial charge on any atom is -0.495 e. The Labute approximate surface area is 156 Å². The number of methoxy groups -OCH3 is 1. The molecule has 138 valence electrons. The molecule has 0 unspecified atom stereocenters. The Morgan fingerprint density at radius 1 is 1.19 bits per heavy atom. The summed E-state index contributed by atoms with van der Waals surface area (Å²) in [4.78, 5) is 19.1. The Morgan fingerprint density at radius 2 is 1.96 bits per heavy atom. The Bertz CT molecular complexity index is 926. The van der Waals surface area contributed by atoms with Gasteiger partial charge in [0.15, 0.2) is 0 Å². The number of rotatable bonds is 4. The van der Waals surface area contributed by atoms with E-state index in [9.17, 15) is 4.79 Å². The van der Waals surface area contributed by atoms with Gasteiger partial charge in [0.1, 0.15) is 11.8 Å². The number of ether oxygens (including phenoxy) is 1. The fourth-order valence-electron chi connectivity index (χ4n) is 3.28. The van der Waals surface area contributed by atoms with Crippen molar-refractivity contribution in [2.45, 2.75) is 18.9 Å². The Balaban J connectivity index is 1.52. The first-order chi connectivity index (χ1) is 13.3. The highest BCUT2D eigenvalue weighted by Gasteiger charge is 2.34. The average molecular weight is 364 g/mol. The number of amides is 2. The number of anilines is 1. The molecule has 2 heterocycles. The summed E-state index contributed by atoms with van der Waals surface area (Å²) in [5.41, 5.74) is 1.52. The van der Waals surface area contributed by atoms with Crippen LogP contribution in [0.1, 0.15) is 24.8 Å².